The van der Waals surface area contributed by atoms with Gasteiger partial charge in [-0.15, -0.1) is 0 Å². The van der Waals surface area contributed by atoms with Gasteiger partial charge in [-0.1, -0.05) is 41.9 Å². The third-order valence-electron chi connectivity index (χ3n) is 2.96. The number of nitrogens with one attached hydrogen (secondary N) is 1. The number of amides is 1. The van der Waals surface area contributed by atoms with Crippen molar-refractivity contribution in [3.05, 3.63) is 0 Å². The second-order valence-corrected chi connectivity index (χ2v) is 5.01. The molecule has 0 spiro atoms. The van der Waals surface area contributed by atoms with Gasteiger partial charge in [-0.2, -0.15) is 13.2 Å². The lowest BCUT2D eigenvalue weighted by Gasteiger charge is -2.29. The van der Waals surface area contributed by atoms with Crippen molar-refractivity contribution in [1.82, 2.24) is 5.32 Å². The van der Waals surface area contributed by atoms with Crippen molar-refractivity contribution in [1.29, 1.82) is 0 Å². The van der Waals surface area contributed by atoms with Gasteiger partial charge >= 0.3 is 12.1 Å². The van der Waals surface area contributed by atoms with E-state index in [0.717, 1.165) is 32.1 Å². The minimum absolute atomic E-state index is 0.206. The quantitative estimate of drug-likeness (QED) is 0.616. The summed E-state index contributed by atoms with van der Waals surface area (Å²) in [6.07, 6.45) is 0.341. The Morgan fingerprint density at radius 2 is 1.88 bits per heavy atom. The number of carbonyl (C=O) groups is 1. The smallest absolute Gasteiger partial charge is 0.344 e. The molecule has 2 nitrogen and oxygen atoms in total. The van der Waals surface area contributed by atoms with Gasteiger partial charge in [0.15, 0.2) is 0 Å². The van der Waals surface area contributed by atoms with Crippen molar-refractivity contribution in [2.45, 2.75) is 44.3 Å². The Hall–Kier alpha value is -0.0100. The van der Waals surface area contributed by atoms with Crippen molar-refractivity contribution < 1.29 is 18.0 Å². The Morgan fingerprint density at radius 1 is 1.31 bits per heavy atom. The zero-order valence-electron chi connectivity index (χ0n) is 8.82. The maximum absolute atomic E-state index is 12.1. The van der Waals surface area contributed by atoms with Crippen LogP contribution in [0.3, 0.4) is 0 Å². The Balaban J connectivity index is 2.50. The maximum Gasteiger partial charge on any atom is 0.471 e. The highest BCUT2D eigenvalue weighted by molar-refractivity contribution is 14.1. The largest absolute Gasteiger partial charge is 0.471 e. The van der Waals surface area contributed by atoms with Crippen LogP contribution in [0.25, 0.3) is 0 Å². The first-order chi connectivity index (χ1) is 7.45. The molecule has 0 heterocycles. The van der Waals surface area contributed by atoms with E-state index in [4.69, 9.17) is 0 Å². The fraction of sp³-hybridized carbons (Fsp3) is 0.900. The van der Waals surface area contributed by atoms with E-state index in [1.807, 2.05) is 22.6 Å². The van der Waals surface area contributed by atoms with E-state index in [1.165, 1.54) is 0 Å². The summed E-state index contributed by atoms with van der Waals surface area (Å²) in [6.45, 7) is 0. The van der Waals surface area contributed by atoms with E-state index in [1.54, 1.807) is 0 Å². The molecule has 0 saturated heterocycles. The third-order valence-corrected chi connectivity index (χ3v) is 3.91. The van der Waals surface area contributed by atoms with E-state index < -0.39 is 12.1 Å². The van der Waals surface area contributed by atoms with E-state index in [0.29, 0.717) is 4.43 Å². The van der Waals surface area contributed by atoms with Crippen LogP contribution in [0.15, 0.2) is 0 Å². The lowest BCUT2D eigenvalue weighted by atomic mass is 9.84. The summed E-state index contributed by atoms with van der Waals surface area (Å²) in [5.74, 6) is -1.60. The fourth-order valence-corrected chi connectivity index (χ4v) is 3.01. The van der Waals surface area contributed by atoms with Gasteiger partial charge < -0.3 is 5.32 Å². The average Bonchev–Trinajstić information content (AvgIpc) is 2.25. The summed E-state index contributed by atoms with van der Waals surface area (Å²) in [5.41, 5.74) is 0. The molecular formula is C10H15F3INO. The molecule has 1 rings (SSSR count). The van der Waals surface area contributed by atoms with Crippen molar-refractivity contribution >= 4 is 28.5 Å². The van der Waals surface area contributed by atoms with Crippen molar-refractivity contribution in [2.75, 3.05) is 4.43 Å². The second kappa shape index (κ2) is 6.07. The standard InChI is InChI=1S/C10H15F3INO/c11-10(12,13)9(16)15-8(6-14)7-4-2-1-3-5-7/h7-8H,1-6H2,(H,15,16). The molecule has 1 unspecified atom stereocenters. The molecule has 1 saturated carbocycles. The monoisotopic (exact) mass is 349 g/mol. The topological polar surface area (TPSA) is 29.1 Å². The minimum Gasteiger partial charge on any atom is -0.344 e. The van der Waals surface area contributed by atoms with Crippen LogP contribution in [-0.2, 0) is 4.79 Å². The van der Waals surface area contributed by atoms with Crippen LogP contribution >= 0.6 is 22.6 Å². The normalized spacial score (nSPS) is 20.5. The number of halogens is 4. The molecule has 0 aromatic heterocycles. The third kappa shape index (κ3) is 4.10. The molecule has 0 radical (unpaired) electrons. The van der Waals surface area contributed by atoms with E-state index in [2.05, 4.69) is 5.32 Å². The predicted molar refractivity (Wildman–Crippen MR) is 63.4 cm³/mol. The molecule has 1 N–H and O–H groups in total. The highest BCUT2D eigenvalue weighted by Gasteiger charge is 2.40. The Kier molecular flexibility index (Phi) is 5.33. The van der Waals surface area contributed by atoms with Gasteiger partial charge in [0.25, 0.3) is 0 Å². The van der Waals surface area contributed by atoms with Gasteiger partial charge in [-0.05, 0) is 18.8 Å². The average molecular weight is 349 g/mol. The molecule has 1 aliphatic rings. The van der Waals surface area contributed by atoms with Gasteiger partial charge in [0, 0.05) is 10.5 Å². The number of hydrogen-bond donors (Lipinski definition) is 1. The molecule has 16 heavy (non-hydrogen) atoms. The summed E-state index contributed by atoms with van der Waals surface area (Å²) in [7, 11) is 0. The van der Waals surface area contributed by atoms with E-state index >= 15 is 0 Å². The SMILES string of the molecule is O=C(NC(CI)C1CCCCC1)C(F)(F)F. The van der Waals surface area contributed by atoms with Gasteiger partial charge in [-0.3, -0.25) is 4.79 Å². The molecule has 1 amide bonds. The molecule has 1 aliphatic carbocycles. The number of alkyl halides is 4. The predicted octanol–water partition coefficient (Wildman–Crippen LogP) is 3.05. The Bertz CT molecular complexity index is 239. The Morgan fingerprint density at radius 3 is 2.31 bits per heavy atom. The first-order valence-corrected chi connectivity index (χ1v) is 6.91. The second-order valence-electron chi connectivity index (χ2n) is 4.13. The van der Waals surface area contributed by atoms with Crippen molar-refractivity contribution in [3.63, 3.8) is 0 Å². The maximum atomic E-state index is 12.1. The highest BCUT2D eigenvalue weighted by Crippen LogP contribution is 2.28. The fourth-order valence-electron chi connectivity index (χ4n) is 2.07. The number of rotatable bonds is 3. The van der Waals surface area contributed by atoms with Crippen LogP contribution in [0.4, 0.5) is 13.2 Å². The van der Waals surface area contributed by atoms with Crippen LogP contribution in [0, 0.1) is 5.92 Å². The molecular weight excluding hydrogens is 334 g/mol. The lowest BCUT2D eigenvalue weighted by Crippen LogP contribution is -2.47. The van der Waals surface area contributed by atoms with Gasteiger partial charge in [0.2, 0.25) is 0 Å². The first kappa shape index (κ1) is 14.1. The number of hydrogen-bond acceptors (Lipinski definition) is 1. The molecule has 1 atom stereocenters. The van der Waals surface area contributed by atoms with Gasteiger partial charge in [-0.25, -0.2) is 0 Å². The van der Waals surface area contributed by atoms with Crippen LogP contribution in [-0.4, -0.2) is 22.6 Å². The molecule has 1 fully saturated rings. The number of carbonyl (C=O) groups excluding carboxylic acids is 1. The zero-order valence-corrected chi connectivity index (χ0v) is 11.0. The van der Waals surface area contributed by atoms with Crippen LogP contribution in [0.1, 0.15) is 32.1 Å². The first-order valence-electron chi connectivity index (χ1n) is 5.39. The highest BCUT2D eigenvalue weighted by atomic mass is 127. The van der Waals surface area contributed by atoms with Crippen LogP contribution in [0.2, 0.25) is 0 Å². The molecule has 0 aromatic carbocycles. The molecule has 6 heteroatoms. The van der Waals surface area contributed by atoms with Crippen LogP contribution < -0.4 is 5.32 Å². The van der Waals surface area contributed by atoms with Crippen LogP contribution in [0.5, 0.6) is 0 Å². The molecule has 0 aromatic rings. The van der Waals surface area contributed by atoms with E-state index in [9.17, 15) is 18.0 Å². The summed E-state index contributed by atoms with van der Waals surface area (Å²) in [4.78, 5) is 10.8. The van der Waals surface area contributed by atoms with Crippen molar-refractivity contribution in [2.24, 2.45) is 5.92 Å². The lowest BCUT2D eigenvalue weighted by molar-refractivity contribution is -0.174. The molecule has 94 valence electrons. The van der Waals surface area contributed by atoms with E-state index in [-0.39, 0.29) is 12.0 Å². The minimum atomic E-state index is -4.77. The Labute approximate surface area is 106 Å². The molecule has 0 aliphatic heterocycles. The van der Waals surface area contributed by atoms with Gasteiger partial charge in [0.1, 0.15) is 0 Å². The summed E-state index contributed by atoms with van der Waals surface area (Å²) in [6, 6.07) is -0.338. The zero-order chi connectivity index (χ0) is 12.2. The summed E-state index contributed by atoms with van der Waals surface area (Å²) in [5, 5.41) is 2.10. The summed E-state index contributed by atoms with van der Waals surface area (Å²) < 4.78 is 36.8. The summed E-state index contributed by atoms with van der Waals surface area (Å²) >= 11 is 2.03. The van der Waals surface area contributed by atoms with Gasteiger partial charge in [0.05, 0.1) is 0 Å². The molecule has 0 bridgehead atoms. The van der Waals surface area contributed by atoms with Crippen molar-refractivity contribution in [3.8, 4) is 0 Å².